The molecule has 0 saturated heterocycles. The van der Waals surface area contributed by atoms with Gasteiger partial charge in [-0.15, -0.1) is 0 Å². The minimum Gasteiger partial charge on any atom is -0.303 e. The SMILES string of the molecule is C[C@@H](C=O)c1ncccn1. The molecule has 3 nitrogen and oxygen atoms in total. The molecule has 0 aliphatic heterocycles. The highest BCUT2D eigenvalue weighted by atomic mass is 16.1. The summed E-state index contributed by atoms with van der Waals surface area (Å²) in [6.07, 6.45) is 4.08. The van der Waals surface area contributed by atoms with Crippen molar-refractivity contribution in [1.29, 1.82) is 0 Å². The first-order chi connectivity index (χ1) is 4.84. The molecule has 10 heavy (non-hydrogen) atoms. The largest absolute Gasteiger partial charge is 0.303 e. The average molecular weight is 136 g/mol. The Hall–Kier alpha value is -1.25. The summed E-state index contributed by atoms with van der Waals surface area (Å²) in [5.74, 6) is 0.388. The summed E-state index contributed by atoms with van der Waals surface area (Å²) < 4.78 is 0. The number of hydrogen-bond donors (Lipinski definition) is 0. The molecule has 0 saturated carbocycles. The highest BCUT2D eigenvalue weighted by Gasteiger charge is 2.03. The maximum Gasteiger partial charge on any atom is 0.138 e. The zero-order chi connectivity index (χ0) is 7.40. The van der Waals surface area contributed by atoms with E-state index in [-0.39, 0.29) is 5.92 Å². The van der Waals surface area contributed by atoms with Crippen molar-refractivity contribution in [3.63, 3.8) is 0 Å². The van der Waals surface area contributed by atoms with E-state index in [1.54, 1.807) is 25.4 Å². The van der Waals surface area contributed by atoms with Crippen LogP contribution in [0.1, 0.15) is 18.7 Å². The van der Waals surface area contributed by atoms with Gasteiger partial charge in [0.1, 0.15) is 12.1 Å². The monoisotopic (exact) mass is 136 g/mol. The van der Waals surface area contributed by atoms with Crippen LogP contribution in [0.4, 0.5) is 0 Å². The summed E-state index contributed by atoms with van der Waals surface area (Å²) in [5.41, 5.74) is 0. The molecule has 3 heteroatoms. The van der Waals surface area contributed by atoms with Gasteiger partial charge in [0.25, 0.3) is 0 Å². The van der Waals surface area contributed by atoms with E-state index in [0.717, 1.165) is 6.29 Å². The minimum atomic E-state index is -0.193. The Morgan fingerprint density at radius 1 is 1.50 bits per heavy atom. The van der Waals surface area contributed by atoms with Crippen LogP contribution in [0.2, 0.25) is 0 Å². The number of aromatic nitrogens is 2. The van der Waals surface area contributed by atoms with Crippen molar-refractivity contribution < 1.29 is 4.79 Å². The molecule has 0 fully saturated rings. The normalized spacial score (nSPS) is 12.5. The van der Waals surface area contributed by atoms with Crippen molar-refractivity contribution in [3.8, 4) is 0 Å². The van der Waals surface area contributed by atoms with Crippen LogP contribution in [0.25, 0.3) is 0 Å². The molecule has 1 rings (SSSR count). The Morgan fingerprint density at radius 2 is 2.10 bits per heavy atom. The quantitative estimate of drug-likeness (QED) is 0.564. The van der Waals surface area contributed by atoms with Crippen molar-refractivity contribution in [2.45, 2.75) is 12.8 Å². The maximum atomic E-state index is 10.2. The number of carbonyl (C=O) groups is 1. The molecule has 0 bridgehead atoms. The zero-order valence-electron chi connectivity index (χ0n) is 5.69. The first-order valence-corrected chi connectivity index (χ1v) is 3.07. The Balaban J connectivity index is 2.84. The summed E-state index contributed by atoms with van der Waals surface area (Å²) in [6.45, 7) is 1.77. The molecule has 0 aromatic carbocycles. The molecule has 0 aliphatic carbocycles. The molecule has 0 aliphatic rings. The fourth-order valence-corrected chi connectivity index (χ4v) is 0.607. The van der Waals surface area contributed by atoms with E-state index >= 15 is 0 Å². The van der Waals surface area contributed by atoms with Gasteiger partial charge < -0.3 is 4.79 Å². The van der Waals surface area contributed by atoms with E-state index in [1.807, 2.05) is 0 Å². The molecule has 52 valence electrons. The topological polar surface area (TPSA) is 42.9 Å². The van der Waals surface area contributed by atoms with E-state index in [0.29, 0.717) is 5.82 Å². The van der Waals surface area contributed by atoms with Gasteiger partial charge in [0.05, 0.1) is 5.92 Å². The lowest BCUT2D eigenvalue weighted by Gasteiger charge is -1.97. The Bertz CT molecular complexity index is 210. The Labute approximate surface area is 59.1 Å². The maximum absolute atomic E-state index is 10.2. The first kappa shape index (κ1) is 6.86. The zero-order valence-corrected chi connectivity index (χ0v) is 5.69. The van der Waals surface area contributed by atoms with E-state index in [2.05, 4.69) is 9.97 Å². The molecule has 1 aromatic heterocycles. The van der Waals surface area contributed by atoms with Crippen LogP contribution in [0.3, 0.4) is 0 Å². The van der Waals surface area contributed by atoms with Gasteiger partial charge in [0.2, 0.25) is 0 Å². The minimum absolute atomic E-state index is 0.193. The van der Waals surface area contributed by atoms with Crippen LogP contribution >= 0.6 is 0 Å². The molecule has 1 heterocycles. The molecular weight excluding hydrogens is 128 g/mol. The van der Waals surface area contributed by atoms with Gasteiger partial charge in [0, 0.05) is 12.4 Å². The van der Waals surface area contributed by atoms with E-state index in [4.69, 9.17) is 0 Å². The lowest BCUT2D eigenvalue weighted by Crippen LogP contribution is -1.99. The van der Waals surface area contributed by atoms with Crippen molar-refractivity contribution in [1.82, 2.24) is 9.97 Å². The third kappa shape index (κ3) is 1.37. The summed E-state index contributed by atoms with van der Waals surface area (Å²) in [4.78, 5) is 18.0. The number of aldehydes is 1. The standard InChI is InChI=1S/C7H8N2O/c1-6(5-10)7-8-3-2-4-9-7/h2-6H,1H3/t6-/m0/s1. The van der Waals surface area contributed by atoms with Gasteiger partial charge in [-0.25, -0.2) is 9.97 Å². The number of nitrogens with zero attached hydrogens (tertiary/aromatic N) is 2. The third-order valence-corrected chi connectivity index (χ3v) is 1.20. The second-order valence-corrected chi connectivity index (χ2v) is 2.03. The lowest BCUT2D eigenvalue weighted by molar-refractivity contribution is -0.108. The summed E-state index contributed by atoms with van der Waals surface area (Å²) in [7, 11) is 0. The van der Waals surface area contributed by atoms with Gasteiger partial charge in [-0.05, 0) is 13.0 Å². The Morgan fingerprint density at radius 3 is 2.60 bits per heavy atom. The molecule has 0 unspecified atom stereocenters. The second kappa shape index (κ2) is 3.06. The first-order valence-electron chi connectivity index (χ1n) is 3.07. The third-order valence-electron chi connectivity index (χ3n) is 1.20. The van der Waals surface area contributed by atoms with Crippen LogP contribution in [0.5, 0.6) is 0 Å². The smallest absolute Gasteiger partial charge is 0.138 e. The van der Waals surface area contributed by atoms with Crippen molar-refractivity contribution in [3.05, 3.63) is 24.3 Å². The molecule has 1 atom stereocenters. The van der Waals surface area contributed by atoms with E-state index < -0.39 is 0 Å². The van der Waals surface area contributed by atoms with Gasteiger partial charge in [-0.2, -0.15) is 0 Å². The van der Waals surface area contributed by atoms with Crippen molar-refractivity contribution >= 4 is 6.29 Å². The lowest BCUT2D eigenvalue weighted by atomic mass is 10.2. The summed E-state index contributed by atoms with van der Waals surface area (Å²) in [5, 5.41) is 0. The van der Waals surface area contributed by atoms with Crippen LogP contribution in [-0.4, -0.2) is 16.3 Å². The van der Waals surface area contributed by atoms with Gasteiger partial charge >= 0.3 is 0 Å². The molecule has 1 aromatic rings. The molecule has 0 N–H and O–H groups in total. The number of hydrogen-bond acceptors (Lipinski definition) is 3. The molecule has 0 spiro atoms. The van der Waals surface area contributed by atoms with Crippen LogP contribution < -0.4 is 0 Å². The van der Waals surface area contributed by atoms with Gasteiger partial charge in [0.15, 0.2) is 0 Å². The predicted octanol–water partition coefficient (Wildman–Crippen LogP) is 0.779. The Kier molecular flexibility index (Phi) is 2.10. The van der Waals surface area contributed by atoms with Gasteiger partial charge in [-0.1, -0.05) is 0 Å². The molecule has 0 amide bonds. The van der Waals surface area contributed by atoms with Crippen LogP contribution in [-0.2, 0) is 4.79 Å². The summed E-state index contributed by atoms with van der Waals surface area (Å²) >= 11 is 0. The molecule has 0 radical (unpaired) electrons. The fraction of sp³-hybridized carbons (Fsp3) is 0.286. The van der Waals surface area contributed by atoms with Crippen molar-refractivity contribution in [2.24, 2.45) is 0 Å². The van der Waals surface area contributed by atoms with Crippen LogP contribution in [0, 0.1) is 0 Å². The fourth-order valence-electron chi connectivity index (χ4n) is 0.607. The summed E-state index contributed by atoms with van der Waals surface area (Å²) in [6, 6.07) is 1.72. The van der Waals surface area contributed by atoms with E-state index in [1.165, 1.54) is 0 Å². The predicted molar refractivity (Wildman–Crippen MR) is 36.5 cm³/mol. The van der Waals surface area contributed by atoms with Gasteiger partial charge in [-0.3, -0.25) is 0 Å². The van der Waals surface area contributed by atoms with E-state index in [9.17, 15) is 4.79 Å². The highest BCUT2D eigenvalue weighted by Crippen LogP contribution is 2.03. The average Bonchev–Trinajstić information content (AvgIpc) is 2.05. The molecular formula is C7H8N2O. The number of carbonyl (C=O) groups excluding carboxylic acids is 1. The van der Waals surface area contributed by atoms with Crippen molar-refractivity contribution in [2.75, 3.05) is 0 Å². The van der Waals surface area contributed by atoms with Crippen LogP contribution in [0.15, 0.2) is 18.5 Å². The highest BCUT2D eigenvalue weighted by molar-refractivity contribution is 5.58. The number of rotatable bonds is 2. The second-order valence-electron chi connectivity index (χ2n) is 2.03.